The quantitative estimate of drug-likeness (QED) is 0.0936. The maximum Gasteiger partial charge on any atom is 0.417 e. The van der Waals surface area contributed by atoms with Crippen LogP contribution in [0, 0.1) is 11.3 Å². The molecule has 16 nitrogen and oxygen atoms in total. The number of imide groups is 1. The van der Waals surface area contributed by atoms with E-state index in [2.05, 4.69) is 20.9 Å². The molecule has 5 N–H and O–H groups in total. The Labute approximate surface area is 361 Å². The molecule has 62 heavy (non-hydrogen) atoms. The lowest BCUT2D eigenvalue weighted by Gasteiger charge is -2.40. The molecule has 0 radical (unpaired) electrons. The van der Waals surface area contributed by atoms with E-state index in [1.807, 2.05) is 17.9 Å². The number of carboxylic acid groups (broad SMARTS) is 1. The molecule has 3 aromatic carbocycles. The van der Waals surface area contributed by atoms with Gasteiger partial charge in [-0.1, -0.05) is 13.0 Å². The minimum atomic E-state index is -4.81. The molecule has 3 saturated heterocycles. The summed E-state index contributed by atoms with van der Waals surface area (Å²) in [6, 6.07) is 16.2. The number of rotatable bonds is 13. The van der Waals surface area contributed by atoms with Gasteiger partial charge in [-0.3, -0.25) is 44.0 Å². The molecule has 2 unspecified atom stereocenters. The normalized spacial score (nSPS) is 19.3. The highest BCUT2D eigenvalue weighted by atomic mass is 32.1. The third kappa shape index (κ3) is 10.8. The summed E-state index contributed by atoms with van der Waals surface area (Å²) >= 11 is 5.70. The Balaban J connectivity index is 0.00000235. The largest absolute Gasteiger partial charge is 0.492 e. The lowest BCUT2D eigenvalue weighted by Crippen LogP contribution is -2.56. The van der Waals surface area contributed by atoms with Crippen LogP contribution in [-0.2, 0) is 36.6 Å². The second-order valence-corrected chi connectivity index (χ2v) is 15.5. The Kier molecular flexibility index (Phi) is 15.3. The molecule has 3 aliphatic rings. The van der Waals surface area contributed by atoms with Crippen LogP contribution in [-0.4, -0.2) is 119 Å². The minimum Gasteiger partial charge on any atom is -0.492 e. The molecule has 3 aromatic rings. The molecular weight excluding hydrogens is 834 g/mol. The SMILES string of the molecule is CCc1cc(N2C(=S)N(c3ccc(C#N)c(C(F)(F)F)c3)C(=O)C2(C)C)ccc1OCCN1CCN(CC(=O)Nc2cccc(NC3CCC(=O)NC3=O)c2)CC1CO.O=CO. The number of thiocarbonyl (C=S) groups is 1. The van der Waals surface area contributed by atoms with E-state index >= 15 is 0 Å². The zero-order chi connectivity index (χ0) is 45.4. The Bertz CT molecular complexity index is 2240. The van der Waals surface area contributed by atoms with Crippen molar-refractivity contribution in [2.45, 2.75) is 63.8 Å². The van der Waals surface area contributed by atoms with Crippen molar-refractivity contribution in [3.8, 4) is 11.8 Å². The summed E-state index contributed by atoms with van der Waals surface area (Å²) in [6.45, 7) is 7.38. The Morgan fingerprint density at radius 1 is 1.08 bits per heavy atom. The highest BCUT2D eigenvalue weighted by molar-refractivity contribution is 7.81. The van der Waals surface area contributed by atoms with Crippen molar-refractivity contribution in [2.75, 3.05) is 66.4 Å². The summed E-state index contributed by atoms with van der Waals surface area (Å²) in [5.41, 5.74) is -0.499. The minimum absolute atomic E-state index is 0.00578. The number of nitriles is 1. The van der Waals surface area contributed by atoms with Crippen LogP contribution in [0.4, 0.5) is 35.9 Å². The average molecular weight is 881 g/mol. The third-order valence-electron chi connectivity index (χ3n) is 10.7. The number of alkyl halides is 3. The van der Waals surface area contributed by atoms with Crippen molar-refractivity contribution in [3.63, 3.8) is 0 Å². The number of aryl methyl sites for hydroxylation is 1. The second-order valence-electron chi connectivity index (χ2n) is 15.1. The number of amides is 4. The molecule has 2 atom stereocenters. The number of anilines is 4. The van der Waals surface area contributed by atoms with E-state index in [-0.39, 0.29) is 60.6 Å². The summed E-state index contributed by atoms with van der Waals surface area (Å²) < 4.78 is 47.6. The molecule has 0 saturated carbocycles. The highest BCUT2D eigenvalue weighted by Crippen LogP contribution is 2.40. The summed E-state index contributed by atoms with van der Waals surface area (Å²) in [5.74, 6) is -0.832. The third-order valence-corrected chi connectivity index (χ3v) is 11.0. The van der Waals surface area contributed by atoms with Gasteiger partial charge < -0.3 is 30.5 Å². The first kappa shape index (κ1) is 46.9. The van der Waals surface area contributed by atoms with Crippen LogP contribution in [0.1, 0.15) is 50.3 Å². The van der Waals surface area contributed by atoms with Crippen LogP contribution in [0.3, 0.4) is 0 Å². The molecule has 3 heterocycles. The molecule has 3 aliphatic heterocycles. The van der Waals surface area contributed by atoms with E-state index in [4.69, 9.17) is 26.9 Å². The monoisotopic (exact) mass is 880 g/mol. The van der Waals surface area contributed by atoms with Crippen LogP contribution in [0.5, 0.6) is 5.75 Å². The van der Waals surface area contributed by atoms with Gasteiger partial charge in [0.2, 0.25) is 17.7 Å². The average Bonchev–Trinajstić information content (AvgIpc) is 3.40. The molecule has 0 aromatic heterocycles. The molecular formula is C42H47F3N8O8S. The number of aliphatic hydroxyl groups excluding tert-OH is 1. The van der Waals surface area contributed by atoms with Crippen LogP contribution in [0.2, 0.25) is 0 Å². The van der Waals surface area contributed by atoms with Crippen LogP contribution in [0.15, 0.2) is 60.7 Å². The van der Waals surface area contributed by atoms with E-state index in [1.54, 1.807) is 61.2 Å². The van der Waals surface area contributed by atoms with Gasteiger partial charge in [-0.2, -0.15) is 18.4 Å². The molecule has 0 spiro atoms. The zero-order valence-electron chi connectivity index (χ0n) is 34.2. The van der Waals surface area contributed by atoms with Gasteiger partial charge in [-0.15, -0.1) is 0 Å². The maximum absolute atomic E-state index is 13.8. The van der Waals surface area contributed by atoms with Gasteiger partial charge in [0.15, 0.2) is 5.11 Å². The predicted molar refractivity (Wildman–Crippen MR) is 227 cm³/mol. The van der Waals surface area contributed by atoms with Gasteiger partial charge >= 0.3 is 6.18 Å². The van der Waals surface area contributed by atoms with Crippen LogP contribution in [0.25, 0.3) is 0 Å². The predicted octanol–water partition coefficient (Wildman–Crippen LogP) is 3.97. The van der Waals surface area contributed by atoms with Crippen molar-refractivity contribution in [3.05, 3.63) is 77.4 Å². The van der Waals surface area contributed by atoms with Gasteiger partial charge in [0.25, 0.3) is 12.4 Å². The first-order chi connectivity index (χ1) is 29.4. The van der Waals surface area contributed by atoms with Crippen LogP contribution < -0.4 is 30.5 Å². The lowest BCUT2D eigenvalue weighted by molar-refractivity contribution is -0.138. The molecule has 6 rings (SSSR count). The standard InChI is InChI=1S/C41H45F3N8O6S.CH2O2/c1-4-25-18-30(52-39(59)51(38(57)40(52,2)3)29-9-8-26(21-45)32(20-29)41(42,43)44)10-12-34(25)58-17-16-50-15-14-49(22-31(50)24-53)23-36(55)47-28-7-5-6-27(19-28)46-33-11-13-35(54)48-37(33)56;2-1-3/h5-10,12,18-20,31,33,46,53H,4,11,13-17,22-24H2,1-3H3,(H,47,55)(H,48,54,56);1H,(H,2,3). The number of piperazine rings is 1. The van der Waals surface area contributed by atoms with Crippen molar-refractivity contribution in [1.82, 2.24) is 15.1 Å². The molecule has 0 aliphatic carbocycles. The van der Waals surface area contributed by atoms with Crippen molar-refractivity contribution in [2.24, 2.45) is 0 Å². The van der Waals surface area contributed by atoms with E-state index in [9.17, 15) is 42.7 Å². The first-order valence-corrected chi connectivity index (χ1v) is 20.1. The molecule has 0 bridgehead atoms. The number of nitrogens with one attached hydrogen (secondary N) is 3. The second kappa shape index (κ2) is 20.2. The number of carbonyl (C=O) groups excluding carboxylic acids is 4. The summed E-state index contributed by atoms with van der Waals surface area (Å²) in [4.78, 5) is 65.4. The number of piperidine rings is 1. The highest BCUT2D eigenvalue weighted by Gasteiger charge is 2.51. The number of hydrogen-bond donors (Lipinski definition) is 5. The summed E-state index contributed by atoms with van der Waals surface area (Å²) in [5, 5.41) is 34.7. The van der Waals surface area contributed by atoms with E-state index in [0.29, 0.717) is 68.4 Å². The van der Waals surface area contributed by atoms with Gasteiger partial charge in [0.05, 0.1) is 36.0 Å². The fourth-order valence-electron chi connectivity index (χ4n) is 7.55. The Hall–Kier alpha value is -6.14. The molecule has 4 amide bonds. The number of benzene rings is 3. The number of nitrogens with zero attached hydrogens (tertiary/aromatic N) is 5. The topological polar surface area (TPSA) is 208 Å². The number of halogens is 3. The van der Waals surface area contributed by atoms with Gasteiger partial charge in [0, 0.05) is 55.7 Å². The number of carbonyl (C=O) groups is 5. The zero-order valence-corrected chi connectivity index (χ0v) is 35.0. The summed E-state index contributed by atoms with van der Waals surface area (Å²) in [6.07, 6.45) is -3.62. The van der Waals surface area contributed by atoms with Gasteiger partial charge in [-0.05, 0) is 99.1 Å². The lowest BCUT2D eigenvalue weighted by atomic mass is 10.0. The van der Waals surface area contributed by atoms with Gasteiger partial charge in [0.1, 0.15) is 23.9 Å². The Morgan fingerprint density at radius 3 is 2.45 bits per heavy atom. The van der Waals surface area contributed by atoms with Crippen molar-refractivity contribution >= 4 is 70.2 Å². The molecule has 330 valence electrons. The Morgan fingerprint density at radius 2 is 1.79 bits per heavy atom. The first-order valence-electron chi connectivity index (χ1n) is 19.7. The summed E-state index contributed by atoms with van der Waals surface area (Å²) in [7, 11) is 0. The number of aliphatic hydroxyl groups is 1. The van der Waals surface area contributed by atoms with Crippen molar-refractivity contribution < 1.29 is 52.1 Å². The van der Waals surface area contributed by atoms with Crippen LogP contribution >= 0.6 is 12.2 Å². The van der Waals surface area contributed by atoms with Gasteiger partial charge in [-0.25, -0.2) is 0 Å². The fraction of sp³-hybridized carbons (Fsp3) is 0.405. The van der Waals surface area contributed by atoms with E-state index in [0.717, 1.165) is 22.6 Å². The van der Waals surface area contributed by atoms with E-state index in [1.165, 1.54) is 6.07 Å². The number of ether oxygens (including phenoxy) is 1. The molecule has 20 heteroatoms. The van der Waals surface area contributed by atoms with Crippen molar-refractivity contribution in [1.29, 1.82) is 5.26 Å². The number of hydrogen-bond acceptors (Lipinski definition) is 12. The molecule has 3 fully saturated rings. The van der Waals surface area contributed by atoms with E-state index < -0.39 is 34.8 Å². The maximum atomic E-state index is 13.8. The smallest absolute Gasteiger partial charge is 0.417 e. The fourth-order valence-corrected chi connectivity index (χ4v) is 8.07.